The summed E-state index contributed by atoms with van der Waals surface area (Å²) in [6.45, 7) is 0.456. The maximum Gasteiger partial charge on any atom is 0.233 e. The third-order valence-electron chi connectivity index (χ3n) is 3.32. The van der Waals surface area contributed by atoms with E-state index in [0.717, 1.165) is 11.0 Å². The molecule has 0 spiro atoms. The van der Waals surface area contributed by atoms with Crippen LogP contribution in [0.1, 0.15) is 5.56 Å². The Morgan fingerprint density at radius 2 is 1.74 bits per heavy atom. The van der Waals surface area contributed by atoms with Gasteiger partial charge in [-0.1, -0.05) is 42.5 Å². The van der Waals surface area contributed by atoms with Crippen molar-refractivity contribution in [3.8, 4) is 11.5 Å². The number of para-hydroxylation sites is 2. The lowest BCUT2D eigenvalue weighted by Gasteiger charge is -2.26. The van der Waals surface area contributed by atoms with Crippen molar-refractivity contribution >= 4 is 16.1 Å². The molecular weight excluding hydrogens is 314 g/mol. The van der Waals surface area contributed by atoms with Gasteiger partial charge in [0.1, 0.15) is 12.7 Å². The summed E-state index contributed by atoms with van der Waals surface area (Å²) in [5.74, 6) is 1.30. The van der Waals surface area contributed by atoms with Crippen molar-refractivity contribution in [1.82, 2.24) is 4.72 Å². The fourth-order valence-corrected chi connectivity index (χ4v) is 3.00. The molecular formula is C17H17NO4S. The Morgan fingerprint density at radius 1 is 1.04 bits per heavy atom. The van der Waals surface area contributed by atoms with Crippen LogP contribution in [-0.4, -0.2) is 27.7 Å². The quantitative estimate of drug-likeness (QED) is 0.914. The molecule has 0 amide bonds. The highest BCUT2D eigenvalue weighted by atomic mass is 32.2. The Morgan fingerprint density at radius 3 is 2.52 bits per heavy atom. The average molecular weight is 331 g/mol. The van der Waals surface area contributed by atoms with Crippen LogP contribution in [0.15, 0.2) is 60.0 Å². The monoisotopic (exact) mass is 331 g/mol. The van der Waals surface area contributed by atoms with Gasteiger partial charge in [0.15, 0.2) is 11.5 Å². The van der Waals surface area contributed by atoms with E-state index in [0.29, 0.717) is 18.1 Å². The number of nitrogens with one attached hydrogen (secondary N) is 1. The highest BCUT2D eigenvalue weighted by Gasteiger charge is 2.21. The van der Waals surface area contributed by atoms with Gasteiger partial charge in [0, 0.05) is 5.41 Å². The molecule has 120 valence electrons. The number of sulfonamides is 1. The van der Waals surface area contributed by atoms with Crippen LogP contribution >= 0.6 is 0 Å². The van der Waals surface area contributed by atoms with E-state index in [4.69, 9.17) is 9.47 Å². The van der Waals surface area contributed by atoms with Gasteiger partial charge >= 0.3 is 0 Å². The van der Waals surface area contributed by atoms with Gasteiger partial charge in [-0.25, -0.2) is 13.1 Å². The van der Waals surface area contributed by atoms with Crippen molar-refractivity contribution in [3.05, 3.63) is 65.6 Å². The Kier molecular flexibility index (Phi) is 4.64. The summed E-state index contributed by atoms with van der Waals surface area (Å²) in [7, 11) is -3.52. The molecule has 0 radical (unpaired) electrons. The molecule has 1 aliphatic rings. The van der Waals surface area contributed by atoms with Crippen molar-refractivity contribution in [2.45, 2.75) is 6.10 Å². The summed E-state index contributed by atoms with van der Waals surface area (Å²) in [5, 5.41) is 1.15. The standard InChI is InChI=1S/C17H17NO4S/c19-23(20,11-10-14-6-2-1-3-7-14)18-12-15-13-21-16-8-4-5-9-17(16)22-15/h1-11,15,18H,12-13H2/b11-10+/t15-/m0/s1. The molecule has 1 heterocycles. The topological polar surface area (TPSA) is 64.6 Å². The molecule has 1 atom stereocenters. The molecule has 2 aromatic carbocycles. The van der Waals surface area contributed by atoms with Crippen molar-refractivity contribution in [2.75, 3.05) is 13.2 Å². The fraction of sp³-hybridized carbons (Fsp3) is 0.176. The highest BCUT2D eigenvalue weighted by molar-refractivity contribution is 7.92. The van der Waals surface area contributed by atoms with Crippen LogP contribution in [0.4, 0.5) is 0 Å². The van der Waals surface area contributed by atoms with E-state index >= 15 is 0 Å². The second-order valence-electron chi connectivity index (χ2n) is 5.10. The summed E-state index contributed by atoms with van der Waals surface area (Å²) in [4.78, 5) is 0. The minimum Gasteiger partial charge on any atom is -0.486 e. The second-order valence-corrected chi connectivity index (χ2v) is 6.76. The van der Waals surface area contributed by atoms with E-state index in [2.05, 4.69) is 4.72 Å². The predicted octanol–water partition coefficient (Wildman–Crippen LogP) is 2.42. The molecule has 0 saturated heterocycles. The van der Waals surface area contributed by atoms with Crippen molar-refractivity contribution in [2.24, 2.45) is 0 Å². The lowest BCUT2D eigenvalue weighted by atomic mass is 10.2. The molecule has 23 heavy (non-hydrogen) atoms. The number of hydrogen-bond acceptors (Lipinski definition) is 4. The van der Waals surface area contributed by atoms with Crippen molar-refractivity contribution in [3.63, 3.8) is 0 Å². The van der Waals surface area contributed by atoms with Crippen LogP contribution in [0.2, 0.25) is 0 Å². The van der Waals surface area contributed by atoms with Crippen LogP contribution < -0.4 is 14.2 Å². The van der Waals surface area contributed by atoms with E-state index in [9.17, 15) is 8.42 Å². The summed E-state index contributed by atoms with van der Waals surface area (Å²) < 4.78 is 37.8. The molecule has 1 N–H and O–H groups in total. The van der Waals surface area contributed by atoms with Gasteiger partial charge in [0.25, 0.3) is 0 Å². The molecule has 0 unspecified atom stereocenters. The minimum atomic E-state index is -3.52. The smallest absolute Gasteiger partial charge is 0.233 e. The van der Waals surface area contributed by atoms with Crippen LogP contribution in [0.5, 0.6) is 11.5 Å². The van der Waals surface area contributed by atoms with Gasteiger partial charge in [-0.3, -0.25) is 0 Å². The lowest BCUT2D eigenvalue weighted by molar-refractivity contribution is 0.0943. The first kappa shape index (κ1) is 15.6. The molecule has 0 bridgehead atoms. The molecule has 6 heteroatoms. The van der Waals surface area contributed by atoms with E-state index in [1.807, 2.05) is 48.5 Å². The summed E-state index contributed by atoms with van der Waals surface area (Å²) in [5.41, 5.74) is 0.823. The van der Waals surface area contributed by atoms with E-state index in [1.165, 1.54) is 0 Å². The molecule has 0 aliphatic carbocycles. The third-order valence-corrected chi connectivity index (χ3v) is 4.38. The first-order valence-corrected chi connectivity index (χ1v) is 8.78. The summed E-state index contributed by atoms with van der Waals surface area (Å²) in [6, 6.07) is 16.6. The minimum absolute atomic E-state index is 0.149. The van der Waals surface area contributed by atoms with Gasteiger partial charge in [-0.05, 0) is 23.8 Å². The normalized spacial score (nSPS) is 17.3. The van der Waals surface area contributed by atoms with E-state index in [-0.39, 0.29) is 12.6 Å². The predicted molar refractivity (Wildman–Crippen MR) is 88.8 cm³/mol. The largest absolute Gasteiger partial charge is 0.486 e. The zero-order valence-corrected chi connectivity index (χ0v) is 13.2. The summed E-state index contributed by atoms with van der Waals surface area (Å²) >= 11 is 0. The number of rotatable bonds is 5. The van der Waals surface area contributed by atoms with Crippen LogP contribution in [0, 0.1) is 0 Å². The molecule has 3 rings (SSSR count). The average Bonchev–Trinajstić information content (AvgIpc) is 2.59. The van der Waals surface area contributed by atoms with Crippen LogP contribution in [0.3, 0.4) is 0 Å². The molecule has 2 aromatic rings. The first-order chi connectivity index (χ1) is 11.1. The van der Waals surface area contributed by atoms with Gasteiger partial charge in [0.2, 0.25) is 10.0 Å². The van der Waals surface area contributed by atoms with Gasteiger partial charge in [-0.2, -0.15) is 0 Å². The Hall–Kier alpha value is -2.31. The fourth-order valence-electron chi connectivity index (χ4n) is 2.15. The van der Waals surface area contributed by atoms with Gasteiger partial charge in [0.05, 0.1) is 6.54 Å². The SMILES string of the molecule is O=S(=O)(/C=C/c1ccccc1)NC[C@H]1COc2ccccc2O1. The number of ether oxygens (including phenoxy) is 2. The van der Waals surface area contributed by atoms with Crippen molar-refractivity contribution in [1.29, 1.82) is 0 Å². The second kappa shape index (κ2) is 6.85. The van der Waals surface area contributed by atoms with Crippen LogP contribution in [0.25, 0.3) is 6.08 Å². The molecule has 0 saturated carbocycles. The summed E-state index contributed by atoms with van der Waals surface area (Å²) in [6.07, 6.45) is 1.19. The lowest BCUT2D eigenvalue weighted by Crippen LogP contribution is -2.40. The third kappa shape index (κ3) is 4.34. The Labute approximate surface area is 135 Å². The Bertz CT molecular complexity index is 787. The van der Waals surface area contributed by atoms with E-state index in [1.54, 1.807) is 12.1 Å². The van der Waals surface area contributed by atoms with E-state index < -0.39 is 10.0 Å². The van der Waals surface area contributed by atoms with Crippen LogP contribution in [-0.2, 0) is 10.0 Å². The number of fused-ring (bicyclic) bond motifs is 1. The molecule has 0 aromatic heterocycles. The molecule has 1 aliphatic heterocycles. The van der Waals surface area contributed by atoms with Gasteiger partial charge in [-0.15, -0.1) is 0 Å². The number of benzene rings is 2. The highest BCUT2D eigenvalue weighted by Crippen LogP contribution is 2.30. The maximum atomic E-state index is 12.0. The van der Waals surface area contributed by atoms with Gasteiger partial charge < -0.3 is 9.47 Å². The first-order valence-electron chi connectivity index (χ1n) is 7.24. The Balaban J connectivity index is 1.57. The molecule has 0 fully saturated rings. The zero-order valence-electron chi connectivity index (χ0n) is 12.4. The van der Waals surface area contributed by atoms with Crippen molar-refractivity contribution < 1.29 is 17.9 Å². The maximum absolute atomic E-state index is 12.0. The molecule has 5 nitrogen and oxygen atoms in total. The number of hydrogen-bond donors (Lipinski definition) is 1. The zero-order chi connectivity index (χ0) is 16.1.